The molecule has 62 valence electrons. The van der Waals surface area contributed by atoms with Crippen LogP contribution in [0.5, 0.6) is 0 Å². The predicted molar refractivity (Wildman–Crippen MR) is 16.4 cm³/mol. The first-order valence-corrected chi connectivity index (χ1v) is 1.22. The molecule has 0 bridgehead atoms. The van der Waals surface area contributed by atoms with Gasteiger partial charge in [-0.2, -0.15) is 0 Å². The Labute approximate surface area is 84.4 Å². The van der Waals surface area contributed by atoms with E-state index in [0.29, 0.717) is 0 Å². The maximum absolute atomic E-state index is 8.40. The normalized spacial score (nSPS) is 0.800. The van der Waals surface area contributed by atoms with Gasteiger partial charge in [-0.1, -0.05) is 0 Å². The van der Waals surface area contributed by atoms with Crippen molar-refractivity contribution in [1.29, 1.82) is 0 Å². The first-order valence-electron chi connectivity index (χ1n) is 0.408. The third-order valence-electron chi connectivity index (χ3n) is 0. The molecule has 0 heterocycles. The fourth-order valence-electron chi connectivity index (χ4n) is 0. The van der Waals surface area contributed by atoms with Crippen LogP contribution >= 0.6 is 0 Å². The van der Waals surface area contributed by atoms with Crippen molar-refractivity contribution in [1.82, 2.24) is 0 Å². The molecule has 0 spiro atoms. The zero-order valence-electron chi connectivity index (χ0n) is 4.39. The molecule has 0 saturated heterocycles. The fraction of sp³-hybridized carbons (Fsp3) is 0. The van der Waals surface area contributed by atoms with E-state index in [0.717, 1.165) is 0 Å². The maximum atomic E-state index is 8.40. The van der Waals surface area contributed by atoms with Gasteiger partial charge in [0.25, 0.3) is 0 Å². The largest absolute Gasteiger partial charge is 4.00 e. The zero-order chi connectivity index (χ0) is 2.71. The van der Waals surface area contributed by atoms with Gasteiger partial charge < -0.3 is 27.4 Å². The number of hydrogen-bond donors (Lipinski definition) is 0. The summed E-state index contributed by atoms with van der Waals surface area (Å²) in [5, 5.41) is 0. The van der Waals surface area contributed by atoms with E-state index in [4.69, 9.17) is 8.92 Å². The summed E-state index contributed by atoms with van der Waals surface area (Å²) in [7, 11) is -1.42. The molecule has 0 radical (unpaired) electrons. The Hall–Kier alpha value is 0.851. The van der Waals surface area contributed by atoms with Crippen LogP contribution in [0.3, 0.4) is 0 Å². The summed E-state index contributed by atoms with van der Waals surface area (Å²) < 4.78 is 16.8. The molecule has 0 atom stereocenters. The summed E-state index contributed by atoms with van der Waals surface area (Å²) in [6.07, 6.45) is 0. The van der Waals surface area contributed by atoms with Crippen LogP contribution in [0.15, 0.2) is 0 Å². The molecule has 7 nitrogen and oxygen atoms in total. The molecule has 0 aromatic heterocycles. The number of rotatable bonds is 0. The molecule has 0 aromatic carbocycles. The maximum Gasteiger partial charge on any atom is 4.00 e. The smallest absolute Gasteiger partial charge is 2.00 e. The summed E-state index contributed by atoms with van der Waals surface area (Å²) in [5.74, 6) is 0. The van der Waals surface area contributed by atoms with Crippen molar-refractivity contribution in [3.8, 4) is 0 Å². The van der Waals surface area contributed by atoms with Crippen LogP contribution in [0.25, 0.3) is 0 Å². The fourth-order valence-corrected chi connectivity index (χ4v) is 0. The van der Waals surface area contributed by atoms with Crippen LogP contribution in [-0.2, 0) is 64.1 Å². The first-order chi connectivity index (χ1) is 1.41. The third-order valence-corrected chi connectivity index (χ3v) is 0. The molecule has 0 aliphatic rings. The van der Waals surface area contributed by atoms with Crippen molar-refractivity contribution < 1.29 is 75.1 Å². The van der Waals surface area contributed by atoms with Crippen molar-refractivity contribution in [2.45, 2.75) is 0 Å². The van der Waals surface area contributed by atoms with Gasteiger partial charge in [0.05, 0.1) is 0 Å². The molecule has 10 heteroatoms. The van der Waals surface area contributed by atoms with Crippen LogP contribution in [0.1, 0.15) is 0 Å². The van der Waals surface area contributed by atoms with Crippen molar-refractivity contribution in [3.63, 3.8) is 0 Å². The molecular weight excluding hydrogens is 244 g/mol. The van der Waals surface area contributed by atoms with Crippen molar-refractivity contribution in [2.24, 2.45) is 0 Å². The van der Waals surface area contributed by atoms with E-state index in [1.54, 1.807) is 0 Å². The van der Waals surface area contributed by atoms with Gasteiger partial charge >= 0.3 is 48.1 Å². The Kier molecular flexibility index (Phi) is 2920. The van der Waals surface area contributed by atoms with E-state index in [1.807, 2.05) is 0 Å². The topological polar surface area (TPSA) is 183 Å². The molecule has 4 N–H and O–H groups in total. The second-order valence-corrected chi connectivity index (χ2v) is 0.250. The SMILES string of the molecule is O.O.O=[Si]=O.[Fe+2].[O-2].[O-2].[O-2].[Ti+4]. The average Bonchev–Trinajstić information content (AvgIpc) is 0.918. The Balaban J connectivity index is -0.000000000952. The van der Waals surface area contributed by atoms with Crippen LogP contribution in [0.4, 0.5) is 0 Å². The number of hydrogen-bond acceptors (Lipinski definition) is 2. The molecule has 0 saturated carbocycles. The van der Waals surface area contributed by atoms with Gasteiger partial charge in [0.2, 0.25) is 0 Å². The monoisotopic (exact) mass is 248 g/mol. The molecule has 0 aliphatic heterocycles. The van der Waals surface area contributed by atoms with Gasteiger partial charge in [-0.25, -0.2) is 0 Å². The van der Waals surface area contributed by atoms with Gasteiger partial charge in [-0.05, 0) is 0 Å². The molecule has 0 fully saturated rings. The Morgan fingerprint density at radius 3 is 0.800 bits per heavy atom. The van der Waals surface area contributed by atoms with Gasteiger partial charge in [0, 0.05) is 0 Å². The zero-order valence-corrected chi connectivity index (χ0v) is 8.06. The van der Waals surface area contributed by atoms with Gasteiger partial charge in [-0.3, -0.25) is 8.92 Å². The Morgan fingerprint density at radius 2 is 0.800 bits per heavy atom. The van der Waals surface area contributed by atoms with Crippen molar-refractivity contribution >= 4 is 9.29 Å². The molecule has 0 aliphatic carbocycles. The second kappa shape index (κ2) is 225. The molecule has 0 rings (SSSR count). The van der Waals surface area contributed by atoms with Crippen LogP contribution in [0, 0.1) is 0 Å². The first kappa shape index (κ1) is 130. The van der Waals surface area contributed by atoms with Crippen LogP contribution < -0.4 is 0 Å². The van der Waals surface area contributed by atoms with Crippen molar-refractivity contribution in [3.05, 3.63) is 0 Å². The van der Waals surface area contributed by atoms with E-state index in [-0.39, 0.29) is 66.2 Å². The minimum Gasteiger partial charge on any atom is -2.00 e. The van der Waals surface area contributed by atoms with Crippen molar-refractivity contribution in [2.75, 3.05) is 0 Å². The molecule has 0 aromatic rings. The van der Waals surface area contributed by atoms with Crippen LogP contribution in [-0.4, -0.2) is 20.2 Å². The Morgan fingerprint density at radius 1 is 0.800 bits per heavy atom. The van der Waals surface area contributed by atoms with E-state index in [1.165, 1.54) is 0 Å². The quantitative estimate of drug-likeness (QED) is 0.425. The predicted octanol–water partition coefficient (Wildman–Crippen LogP) is -2.63. The summed E-state index contributed by atoms with van der Waals surface area (Å²) in [5.41, 5.74) is 0. The molecule has 0 unspecified atom stereocenters. The van der Waals surface area contributed by atoms with Crippen LogP contribution in [0.2, 0.25) is 0 Å². The minimum absolute atomic E-state index is 0. The summed E-state index contributed by atoms with van der Waals surface area (Å²) in [4.78, 5) is 0. The van der Waals surface area contributed by atoms with Gasteiger partial charge in [0.1, 0.15) is 0 Å². The molecular formula is H4FeO7SiTi. The molecule has 10 heavy (non-hydrogen) atoms. The Bertz CT molecular complexity index is 34.6. The van der Waals surface area contributed by atoms with Gasteiger partial charge in [0.15, 0.2) is 0 Å². The van der Waals surface area contributed by atoms with E-state index in [2.05, 4.69) is 0 Å². The summed E-state index contributed by atoms with van der Waals surface area (Å²) in [6.45, 7) is 0. The second-order valence-electron chi connectivity index (χ2n) is 0.0833. The summed E-state index contributed by atoms with van der Waals surface area (Å²) >= 11 is 0. The van der Waals surface area contributed by atoms with Gasteiger partial charge in [-0.15, -0.1) is 0 Å². The van der Waals surface area contributed by atoms with E-state index < -0.39 is 9.29 Å². The molecule has 0 amide bonds. The van der Waals surface area contributed by atoms with E-state index >= 15 is 0 Å². The van der Waals surface area contributed by atoms with E-state index in [9.17, 15) is 0 Å². The minimum atomic E-state index is -1.42. The standard InChI is InChI=1S/Fe.O2Si.2H2O.3O.Ti/c;1-3-2;;;;;;/h;;2*1H2;;;;/q+2;;;;3*-2;+4. The third kappa shape index (κ3) is 754. The summed E-state index contributed by atoms with van der Waals surface area (Å²) in [6, 6.07) is 0. The average molecular weight is 248 g/mol.